The smallest absolute Gasteiger partial charge is 0.260 e. The SMILES string of the molecule is CCN(Cc1ccccc1)S(=O)(=O)c1ccc(C(=O)N(CCCN(C)C)c2nc3cc4c(cc3s2)OCO4)cc1.[Cl-]. The third-order valence-corrected chi connectivity index (χ3v) is 9.60. The Morgan fingerprint density at radius 1 is 0.976 bits per heavy atom. The third kappa shape index (κ3) is 6.82. The van der Waals surface area contributed by atoms with Gasteiger partial charge in [0.15, 0.2) is 16.6 Å². The van der Waals surface area contributed by atoms with Gasteiger partial charge >= 0.3 is 0 Å². The van der Waals surface area contributed by atoms with Gasteiger partial charge in [-0.25, -0.2) is 13.4 Å². The fraction of sp³-hybridized carbons (Fsp3) is 0.310. The molecule has 0 N–H and O–H groups in total. The Morgan fingerprint density at radius 2 is 1.66 bits per heavy atom. The normalized spacial score (nSPS) is 12.6. The standard InChI is InChI=1S/C29H32N4O5S2.ClH/c1-4-32(19-21-9-6-5-7-10-21)40(35,36)23-13-11-22(12-14-23)28(34)33(16-8-15-31(2)3)29-30-24-17-25-26(38-20-37-25)18-27(24)39-29;/h5-7,9-14,17-18H,4,8,15-16,19-20H2,1-3H3;1H/p-1. The number of benzene rings is 3. The first kappa shape index (κ1) is 30.7. The lowest BCUT2D eigenvalue weighted by atomic mass is 10.2. The topological polar surface area (TPSA) is 92.3 Å². The Balaban J connectivity index is 0.00000387. The Kier molecular flexibility index (Phi) is 9.88. The summed E-state index contributed by atoms with van der Waals surface area (Å²) in [6, 6.07) is 19.4. The first-order valence-corrected chi connectivity index (χ1v) is 15.3. The van der Waals surface area contributed by atoms with Crippen molar-refractivity contribution in [2.45, 2.75) is 24.8 Å². The van der Waals surface area contributed by atoms with Crippen LogP contribution < -0.4 is 26.8 Å². The van der Waals surface area contributed by atoms with Gasteiger partial charge in [0, 0.05) is 37.3 Å². The molecule has 1 amide bonds. The lowest BCUT2D eigenvalue weighted by Gasteiger charge is -2.22. The van der Waals surface area contributed by atoms with E-state index in [2.05, 4.69) is 4.90 Å². The summed E-state index contributed by atoms with van der Waals surface area (Å²) in [5, 5.41) is 0.569. The number of hydrogen-bond donors (Lipinski definition) is 0. The predicted octanol–water partition coefficient (Wildman–Crippen LogP) is 1.84. The lowest BCUT2D eigenvalue weighted by molar-refractivity contribution is -0.0000197. The van der Waals surface area contributed by atoms with Gasteiger partial charge in [-0.3, -0.25) is 9.69 Å². The number of thiazole rings is 1. The van der Waals surface area contributed by atoms with Crippen LogP contribution in [0.2, 0.25) is 0 Å². The molecule has 0 saturated carbocycles. The van der Waals surface area contributed by atoms with Crippen LogP contribution >= 0.6 is 11.3 Å². The molecule has 12 heteroatoms. The van der Waals surface area contributed by atoms with Crippen LogP contribution in [0.5, 0.6) is 11.5 Å². The Bertz CT molecular complexity index is 1550. The van der Waals surface area contributed by atoms with Gasteiger partial charge in [0.2, 0.25) is 16.8 Å². The van der Waals surface area contributed by atoms with Crippen molar-refractivity contribution < 1.29 is 35.1 Å². The van der Waals surface area contributed by atoms with Gasteiger partial charge in [-0.05, 0) is 56.9 Å². The second kappa shape index (κ2) is 13.2. The Labute approximate surface area is 250 Å². The molecule has 9 nitrogen and oxygen atoms in total. The number of hydrogen-bond acceptors (Lipinski definition) is 8. The van der Waals surface area contributed by atoms with Crippen molar-refractivity contribution in [3.05, 3.63) is 77.9 Å². The number of ether oxygens (including phenoxy) is 2. The van der Waals surface area contributed by atoms with Crippen LogP contribution in [0.3, 0.4) is 0 Å². The van der Waals surface area contributed by atoms with E-state index in [9.17, 15) is 13.2 Å². The van der Waals surface area contributed by atoms with Gasteiger partial charge in [-0.2, -0.15) is 4.31 Å². The molecule has 0 saturated heterocycles. The van der Waals surface area contributed by atoms with E-state index < -0.39 is 10.0 Å². The van der Waals surface area contributed by atoms with E-state index >= 15 is 0 Å². The number of nitrogens with zero attached hydrogens (tertiary/aromatic N) is 4. The molecule has 4 aromatic rings. The first-order chi connectivity index (χ1) is 19.3. The number of fused-ring (bicyclic) bond motifs is 2. The van der Waals surface area contributed by atoms with Crippen LogP contribution in [-0.4, -0.2) is 69.0 Å². The molecular weight excluding hydrogens is 584 g/mol. The maximum Gasteiger partial charge on any atom is 0.260 e. The zero-order chi connectivity index (χ0) is 28.3. The number of amides is 1. The molecule has 218 valence electrons. The van der Waals surface area contributed by atoms with Crippen molar-refractivity contribution >= 4 is 42.6 Å². The average Bonchev–Trinajstić information content (AvgIpc) is 3.58. The van der Waals surface area contributed by atoms with Crippen molar-refractivity contribution in [3.8, 4) is 11.5 Å². The third-order valence-electron chi connectivity index (χ3n) is 6.63. The molecule has 0 aliphatic carbocycles. The van der Waals surface area contributed by atoms with E-state index in [4.69, 9.17) is 14.5 Å². The summed E-state index contributed by atoms with van der Waals surface area (Å²) < 4.78 is 40.1. The molecule has 0 spiro atoms. The van der Waals surface area contributed by atoms with Crippen LogP contribution in [0, 0.1) is 0 Å². The number of aromatic nitrogens is 1. The van der Waals surface area contributed by atoms with E-state index in [0.717, 1.165) is 28.7 Å². The monoisotopic (exact) mass is 615 g/mol. The van der Waals surface area contributed by atoms with E-state index in [1.165, 1.54) is 27.8 Å². The highest BCUT2D eigenvalue weighted by atomic mass is 35.5. The second-order valence-electron chi connectivity index (χ2n) is 9.72. The van der Waals surface area contributed by atoms with E-state index in [-0.39, 0.29) is 36.5 Å². The molecule has 2 heterocycles. The number of carbonyl (C=O) groups is 1. The summed E-state index contributed by atoms with van der Waals surface area (Å²) in [5.74, 6) is 1.07. The van der Waals surface area contributed by atoms with Crippen molar-refractivity contribution in [2.75, 3.05) is 45.4 Å². The Morgan fingerprint density at radius 3 is 2.32 bits per heavy atom. The minimum Gasteiger partial charge on any atom is -1.00 e. The number of rotatable bonds is 11. The van der Waals surface area contributed by atoms with E-state index in [1.807, 2.05) is 63.5 Å². The van der Waals surface area contributed by atoms with E-state index in [0.29, 0.717) is 35.3 Å². The molecule has 0 fully saturated rings. The van der Waals surface area contributed by atoms with Crippen LogP contribution in [-0.2, 0) is 16.6 Å². The number of anilines is 1. The van der Waals surface area contributed by atoms with Crippen molar-refractivity contribution in [1.29, 1.82) is 0 Å². The van der Waals surface area contributed by atoms with Crippen molar-refractivity contribution in [2.24, 2.45) is 0 Å². The molecule has 0 atom stereocenters. The highest BCUT2D eigenvalue weighted by Crippen LogP contribution is 2.40. The van der Waals surface area contributed by atoms with Gasteiger partial charge in [0.1, 0.15) is 0 Å². The summed E-state index contributed by atoms with van der Waals surface area (Å²) in [6.07, 6.45) is 0.745. The molecule has 41 heavy (non-hydrogen) atoms. The molecule has 1 aliphatic heterocycles. The summed E-state index contributed by atoms with van der Waals surface area (Å²) in [6.45, 7) is 3.86. The van der Waals surface area contributed by atoms with Crippen LogP contribution in [0.25, 0.3) is 10.2 Å². The largest absolute Gasteiger partial charge is 1.00 e. The lowest BCUT2D eigenvalue weighted by Crippen LogP contribution is -3.00. The molecule has 0 bridgehead atoms. The fourth-order valence-electron chi connectivity index (χ4n) is 4.48. The van der Waals surface area contributed by atoms with E-state index in [1.54, 1.807) is 17.0 Å². The molecule has 5 rings (SSSR count). The number of carbonyl (C=O) groups excluding carboxylic acids is 1. The Hall–Kier alpha value is -3.22. The fourth-order valence-corrected chi connectivity index (χ4v) is 6.92. The van der Waals surface area contributed by atoms with Gasteiger partial charge in [-0.1, -0.05) is 48.6 Å². The minimum atomic E-state index is -3.74. The molecule has 0 unspecified atom stereocenters. The molecule has 3 aromatic carbocycles. The zero-order valence-electron chi connectivity index (χ0n) is 23.1. The molecule has 1 aromatic heterocycles. The first-order valence-electron chi connectivity index (χ1n) is 13.1. The molecule has 0 radical (unpaired) electrons. The number of halogens is 1. The van der Waals surface area contributed by atoms with Crippen molar-refractivity contribution in [1.82, 2.24) is 14.2 Å². The van der Waals surface area contributed by atoms with Gasteiger partial charge in [0.05, 0.1) is 15.1 Å². The maximum absolute atomic E-state index is 13.8. The summed E-state index contributed by atoms with van der Waals surface area (Å²) in [5.41, 5.74) is 2.03. The minimum absolute atomic E-state index is 0. The quantitative estimate of drug-likeness (QED) is 0.254. The van der Waals surface area contributed by atoms with Crippen LogP contribution in [0.4, 0.5) is 5.13 Å². The van der Waals surface area contributed by atoms with Gasteiger partial charge in [-0.15, -0.1) is 0 Å². The zero-order valence-corrected chi connectivity index (χ0v) is 25.5. The maximum atomic E-state index is 13.8. The number of sulfonamides is 1. The highest BCUT2D eigenvalue weighted by molar-refractivity contribution is 7.89. The highest BCUT2D eigenvalue weighted by Gasteiger charge is 2.26. The van der Waals surface area contributed by atoms with Gasteiger partial charge < -0.3 is 26.8 Å². The molecular formula is C29H32ClN4O5S2-. The van der Waals surface area contributed by atoms with Crippen LogP contribution in [0.15, 0.2) is 71.6 Å². The summed E-state index contributed by atoms with van der Waals surface area (Å²) in [7, 11) is 0.235. The van der Waals surface area contributed by atoms with Crippen molar-refractivity contribution in [3.63, 3.8) is 0 Å². The average molecular weight is 616 g/mol. The van der Waals surface area contributed by atoms with Gasteiger partial charge in [0.25, 0.3) is 5.91 Å². The molecule has 1 aliphatic rings. The summed E-state index contributed by atoms with van der Waals surface area (Å²) >= 11 is 1.41. The van der Waals surface area contributed by atoms with Crippen LogP contribution in [0.1, 0.15) is 29.3 Å². The second-order valence-corrected chi connectivity index (χ2v) is 12.7. The summed E-state index contributed by atoms with van der Waals surface area (Å²) in [4.78, 5) is 22.4. The predicted molar refractivity (Wildman–Crippen MR) is 157 cm³/mol.